The Labute approximate surface area is 111 Å². The van der Waals surface area contributed by atoms with E-state index < -0.39 is 0 Å². The molecule has 2 aliphatic rings. The fourth-order valence-electron chi connectivity index (χ4n) is 3.33. The zero-order valence-corrected chi connectivity index (χ0v) is 12.0. The first-order chi connectivity index (χ1) is 8.67. The number of hydrogen-bond acceptors (Lipinski definition) is 3. The lowest BCUT2D eigenvalue weighted by molar-refractivity contribution is -0.130. The van der Waals surface area contributed by atoms with E-state index >= 15 is 0 Å². The normalized spacial score (nSPS) is 33.6. The van der Waals surface area contributed by atoms with Gasteiger partial charge in [0.2, 0.25) is 5.91 Å². The standard InChI is InChI=1S/C14H27N3O/c1-4-7-13-15-11(3)14(18)17(13)10-12-8-6-9-16(12)5-2/h11-13,15H,4-10H2,1-3H3. The van der Waals surface area contributed by atoms with Crippen molar-refractivity contribution in [3.8, 4) is 0 Å². The van der Waals surface area contributed by atoms with Gasteiger partial charge in [0.15, 0.2) is 0 Å². The van der Waals surface area contributed by atoms with Crippen molar-refractivity contribution in [2.24, 2.45) is 0 Å². The van der Waals surface area contributed by atoms with Gasteiger partial charge in [0, 0.05) is 12.6 Å². The zero-order chi connectivity index (χ0) is 13.1. The summed E-state index contributed by atoms with van der Waals surface area (Å²) in [6.07, 6.45) is 4.97. The van der Waals surface area contributed by atoms with Crippen LogP contribution < -0.4 is 5.32 Å². The predicted molar refractivity (Wildman–Crippen MR) is 73.3 cm³/mol. The molecule has 3 unspecified atom stereocenters. The molecule has 0 aromatic carbocycles. The minimum atomic E-state index is -0.00182. The van der Waals surface area contributed by atoms with E-state index in [9.17, 15) is 4.79 Å². The third-order valence-corrected chi connectivity index (χ3v) is 4.35. The van der Waals surface area contributed by atoms with Crippen LogP contribution in [0, 0.1) is 0 Å². The van der Waals surface area contributed by atoms with E-state index in [1.54, 1.807) is 0 Å². The Morgan fingerprint density at radius 1 is 1.39 bits per heavy atom. The Kier molecular flexibility index (Phi) is 4.62. The summed E-state index contributed by atoms with van der Waals surface area (Å²) in [6, 6.07) is 0.573. The second-order valence-corrected chi connectivity index (χ2v) is 5.61. The second kappa shape index (κ2) is 6.02. The van der Waals surface area contributed by atoms with Crippen LogP contribution in [-0.2, 0) is 4.79 Å². The molecule has 18 heavy (non-hydrogen) atoms. The number of rotatable bonds is 5. The van der Waals surface area contributed by atoms with Crippen molar-refractivity contribution in [1.82, 2.24) is 15.1 Å². The van der Waals surface area contributed by atoms with Gasteiger partial charge in [-0.15, -0.1) is 0 Å². The highest BCUT2D eigenvalue weighted by Gasteiger charge is 2.38. The van der Waals surface area contributed by atoms with Crippen molar-refractivity contribution in [2.75, 3.05) is 19.6 Å². The molecule has 4 heteroatoms. The van der Waals surface area contributed by atoms with Gasteiger partial charge in [-0.05, 0) is 39.3 Å². The Balaban J connectivity index is 1.99. The maximum atomic E-state index is 12.2. The number of carbonyl (C=O) groups excluding carboxylic acids is 1. The summed E-state index contributed by atoms with van der Waals surface area (Å²) in [4.78, 5) is 16.8. The molecule has 0 aliphatic carbocycles. The maximum absolute atomic E-state index is 12.2. The SMILES string of the molecule is CCCC1NC(C)C(=O)N1CC1CCCN1CC. The molecular formula is C14H27N3O. The average molecular weight is 253 g/mol. The number of likely N-dealkylation sites (tertiary alicyclic amines) is 1. The summed E-state index contributed by atoms with van der Waals surface area (Å²) < 4.78 is 0. The minimum Gasteiger partial charge on any atom is -0.324 e. The van der Waals surface area contributed by atoms with E-state index in [2.05, 4.69) is 29.0 Å². The number of likely N-dealkylation sites (N-methyl/N-ethyl adjacent to an activating group) is 1. The smallest absolute Gasteiger partial charge is 0.240 e. The van der Waals surface area contributed by atoms with Crippen LogP contribution in [0.5, 0.6) is 0 Å². The largest absolute Gasteiger partial charge is 0.324 e. The lowest BCUT2D eigenvalue weighted by Crippen LogP contribution is -2.45. The number of amides is 1. The third-order valence-electron chi connectivity index (χ3n) is 4.35. The van der Waals surface area contributed by atoms with Gasteiger partial charge in [-0.1, -0.05) is 20.3 Å². The molecule has 0 bridgehead atoms. The predicted octanol–water partition coefficient (Wildman–Crippen LogP) is 1.42. The van der Waals surface area contributed by atoms with Crippen molar-refractivity contribution in [1.29, 1.82) is 0 Å². The quantitative estimate of drug-likeness (QED) is 0.805. The first-order valence-electron chi connectivity index (χ1n) is 7.48. The van der Waals surface area contributed by atoms with Crippen LogP contribution in [0.3, 0.4) is 0 Å². The molecule has 2 heterocycles. The molecule has 0 aromatic rings. The van der Waals surface area contributed by atoms with Crippen molar-refractivity contribution >= 4 is 5.91 Å². The first-order valence-corrected chi connectivity index (χ1v) is 7.48. The Morgan fingerprint density at radius 3 is 2.83 bits per heavy atom. The Hall–Kier alpha value is -0.610. The van der Waals surface area contributed by atoms with E-state index in [4.69, 9.17) is 0 Å². The summed E-state index contributed by atoms with van der Waals surface area (Å²) in [5, 5.41) is 3.42. The van der Waals surface area contributed by atoms with Crippen LogP contribution in [0.15, 0.2) is 0 Å². The molecule has 4 nitrogen and oxygen atoms in total. The van der Waals surface area contributed by atoms with Gasteiger partial charge >= 0.3 is 0 Å². The Morgan fingerprint density at radius 2 is 2.17 bits per heavy atom. The fraction of sp³-hybridized carbons (Fsp3) is 0.929. The van der Waals surface area contributed by atoms with E-state index in [0.29, 0.717) is 6.04 Å². The zero-order valence-electron chi connectivity index (χ0n) is 12.0. The molecule has 104 valence electrons. The van der Waals surface area contributed by atoms with Gasteiger partial charge in [-0.3, -0.25) is 15.0 Å². The molecule has 0 aromatic heterocycles. The van der Waals surface area contributed by atoms with Crippen LogP contribution in [0.25, 0.3) is 0 Å². The van der Waals surface area contributed by atoms with Gasteiger partial charge in [0.1, 0.15) is 0 Å². The number of nitrogens with zero attached hydrogens (tertiary/aromatic N) is 2. The summed E-state index contributed by atoms with van der Waals surface area (Å²) in [7, 11) is 0. The minimum absolute atomic E-state index is 0.00182. The lowest BCUT2D eigenvalue weighted by Gasteiger charge is -2.31. The van der Waals surface area contributed by atoms with Crippen molar-refractivity contribution in [2.45, 2.75) is 64.7 Å². The molecule has 1 N–H and O–H groups in total. The van der Waals surface area contributed by atoms with Gasteiger partial charge in [0.25, 0.3) is 0 Å². The molecule has 1 amide bonds. The third kappa shape index (κ3) is 2.69. The maximum Gasteiger partial charge on any atom is 0.240 e. The van der Waals surface area contributed by atoms with Crippen molar-refractivity contribution in [3.63, 3.8) is 0 Å². The molecule has 0 radical (unpaired) electrons. The molecule has 2 fully saturated rings. The van der Waals surface area contributed by atoms with E-state index in [1.807, 2.05) is 6.92 Å². The summed E-state index contributed by atoms with van der Waals surface area (Å²) in [5.74, 6) is 0.288. The molecule has 3 atom stereocenters. The van der Waals surface area contributed by atoms with Gasteiger partial charge in [-0.25, -0.2) is 0 Å². The van der Waals surface area contributed by atoms with Gasteiger partial charge < -0.3 is 4.90 Å². The highest BCUT2D eigenvalue weighted by Crippen LogP contribution is 2.22. The Bertz CT molecular complexity index is 295. The number of carbonyl (C=O) groups is 1. The topological polar surface area (TPSA) is 35.6 Å². The molecule has 2 rings (SSSR count). The van der Waals surface area contributed by atoms with Crippen LogP contribution in [-0.4, -0.2) is 53.6 Å². The fourth-order valence-corrected chi connectivity index (χ4v) is 3.33. The average Bonchev–Trinajstić information content (AvgIpc) is 2.90. The van der Waals surface area contributed by atoms with Gasteiger partial charge in [0.05, 0.1) is 12.2 Å². The summed E-state index contributed by atoms with van der Waals surface area (Å²) in [5.41, 5.74) is 0. The molecule has 2 saturated heterocycles. The monoisotopic (exact) mass is 253 g/mol. The van der Waals surface area contributed by atoms with E-state index in [0.717, 1.165) is 25.9 Å². The lowest BCUT2D eigenvalue weighted by atomic mass is 10.2. The summed E-state index contributed by atoms with van der Waals surface area (Å²) >= 11 is 0. The molecular weight excluding hydrogens is 226 g/mol. The highest BCUT2D eigenvalue weighted by atomic mass is 16.2. The highest BCUT2D eigenvalue weighted by molar-refractivity contribution is 5.83. The van der Waals surface area contributed by atoms with Crippen LogP contribution >= 0.6 is 0 Å². The summed E-state index contributed by atoms with van der Waals surface area (Å²) in [6.45, 7) is 9.60. The number of hydrogen-bond donors (Lipinski definition) is 1. The van der Waals surface area contributed by atoms with Crippen LogP contribution in [0.2, 0.25) is 0 Å². The second-order valence-electron chi connectivity index (χ2n) is 5.61. The molecule has 2 aliphatic heterocycles. The van der Waals surface area contributed by atoms with Crippen LogP contribution in [0.1, 0.15) is 46.5 Å². The molecule has 0 spiro atoms. The van der Waals surface area contributed by atoms with Crippen LogP contribution in [0.4, 0.5) is 0 Å². The van der Waals surface area contributed by atoms with E-state index in [-0.39, 0.29) is 18.1 Å². The molecule has 0 saturated carbocycles. The first kappa shape index (κ1) is 13.8. The van der Waals surface area contributed by atoms with E-state index in [1.165, 1.54) is 19.4 Å². The van der Waals surface area contributed by atoms with Crippen molar-refractivity contribution in [3.05, 3.63) is 0 Å². The van der Waals surface area contributed by atoms with Gasteiger partial charge in [-0.2, -0.15) is 0 Å². The van der Waals surface area contributed by atoms with Crippen molar-refractivity contribution < 1.29 is 4.79 Å². The number of nitrogens with one attached hydrogen (secondary N) is 1.